The first kappa shape index (κ1) is 18.9. The zero-order valence-corrected chi connectivity index (χ0v) is 11.5. The maximum atomic E-state index is 13.3. The van der Waals surface area contributed by atoms with E-state index in [1.165, 1.54) is 24.3 Å². The van der Waals surface area contributed by atoms with Crippen molar-refractivity contribution in [2.45, 2.75) is 29.9 Å². The number of hydrogen-bond donors (Lipinski definition) is 0. The lowest BCUT2D eigenvalue weighted by atomic mass is 10.1. The molecule has 0 bridgehead atoms. The largest absolute Gasteiger partial charge is 0.378 e. The van der Waals surface area contributed by atoms with Gasteiger partial charge < -0.3 is 0 Å². The average Bonchev–Trinajstić information content (AvgIpc) is 2.38. The van der Waals surface area contributed by atoms with Gasteiger partial charge in [-0.2, -0.15) is 26.3 Å². The third-order valence-electron chi connectivity index (χ3n) is 2.66. The Bertz CT molecular complexity index is 517. The summed E-state index contributed by atoms with van der Waals surface area (Å²) in [6, 6.07) is 7.21. The highest BCUT2D eigenvalue weighted by Crippen LogP contribution is 2.48. The highest BCUT2D eigenvalue weighted by Gasteiger charge is 2.75. The van der Waals surface area contributed by atoms with Crippen LogP contribution in [0, 0.1) is 0 Å². The molecule has 0 saturated carbocycles. The third kappa shape index (κ3) is 3.76. The van der Waals surface area contributed by atoms with Gasteiger partial charge in [-0.25, -0.2) is 8.78 Å². The molecule has 1 aromatic rings. The van der Waals surface area contributed by atoms with Gasteiger partial charge in [0.2, 0.25) is 0 Å². The van der Waals surface area contributed by atoms with Gasteiger partial charge in [-0.15, -0.1) is 0 Å². The smallest absolute Gasteiger partial charge is 0.259 e. The lowest BCUT2D eigenvalue weighted by Gasteiger charge is -2.31. The summed E-state index contributed by atoms with van der Waals surface area (Å²) in [5, 5.41) is 0. The standard InChI is InChI=1S/C12H10F8OS/c13-9(14)11(17,18)12(19,20)10(15,16)7-22(21)6-8-4-2-1-3-5-8/h1-5,9H,6-7H2/t22-/m0/s1. The van der Waals surface area contributed by atoms with Crippen molar-refractivity contribution in [1.82, 2.24) is 0 Å². The van der Waals surface area contributed by atoms with Crippen LogP contribution < -0.4 is 0 Å². The summed E-state index contributed by atoms with van der Waals surface area (Å²) in [4.78, 5) is 0. The Labute approximate surface area is 122 Å². The minimum atomic E-state index is -6.32. The maximum Gasteiger partial charge on any atom is 0.378 e. The van der Waals surface area contributed by atoms with E-state index in [2.05, 4.69) is 0 Å². The summed E-state index contributed by atoms with van der Waals surface area (Å²) in [6.45, 7) is 0. The predicted octanol–water partition coefficient (Wildman–Crippen LogP) is 4.11. The molecule has 1 nitrogen and oxygen atoms in total. The summed E-state index contributed by atoms with van der Waals surface area (Å²) < 4.78 is 113. The van der Waals surface area contributed by atoms with Crippen LogP contribution in [0.4, 0.5) is 35.1 Å². The molecule has 0 saturated heterocycles. The van der Waals surface area contributed by atoms with Gasteiger partial charge in [0, 0.05) is 16.6 Å². The van der Waals surface area contributed by atoms with Crippen LogP contribution in [0.15, 0.2) is 30.3 Å². The number of rotatable bonds is 7. The fraction of sp³-hybridized carbons (Fsp3) is 0.500. The van der Waals surface area contributed by atoms with Crippen LogP contribution >= 0.6 is 0 Å². The molecule has 22 heavy (non-hydrogen) atoms. The number of halogens is 8. The molecule has 0 spiro atoms. The highest BCUT2D eigenvalue weighted by atomic mass is 32.2. The van der Waals surface area contributed by atoms with Gasteiger partial charge in [0.25, 0.3) is 0 Å². The number of hydrogen-bond acceptors (Lipinski definition) is 1. The van der Waals surface area contributed by atoms with Gasteiger partial charge in [0.1, 0.15) is 0 Å². The predicted molar refractivity (Wildman–Crippen MR) is 64.0 cm³/mol. The van der Waals surface area contributed by atoms with Crippen LogP contribution in [0.1, 0.15) is 5.56 Å². The van der Waals surface area contributed by atoms with E-state index in [0.717, 1.165) is 0 Å². The van der Waals surface area contributed by atoms with E-state index in [9.17, 15) is 39.3 Å². The van der Waals surface area contributed by atoms with Gasteiger partial charge in [0.05, 0.1) is 5.75 Å². The molecule has 0 aliphatic carbocycles. The third-order valence-corrected chi connectivity index (χ3v) is 4.00. The molecule has 1 aromatic carbocycles. The van der Waals surface area contributed by atoms with Crippen molar-refractivity contribution in [2.24, 2.45) is 0 Å². The molecule has 0 aromatic heterocycles. The van der Waals surface area contributed by atoms with E-state index >= 15 is 0 Å². The Kier molecular flexibility index (Phi) is 5.58. The van der Waals surface area contributed by atoms with E-state index in [1.807, 2.05) is 0 Å². The van der Waals surface area contributed by atoms with Crippen LogP contribution in [-0.4, -0.2) is 34.2 Å². The minimum Gasteiger partial charge on any atom is -0.259 e. The van der Waals surface area contributed by atoms with Crippen molar-refractivity contribution in [3.63, 3.8) is 0 Å². The Morgan fingerprint density at radius 3 is 1.91 bits per heavy atom. The second-order valence-corrected chi connectivity index (χ2v) is 5.87. The second-order valence-electron chi connectivity index (χ2n) is 4.42. The first-order chi connectivity index (χ1) is 9.92. The van der Waals surface area contributed by atoms with Gasteiger partial charge in [-0.3, -0.25) is 4.21 Å². The molecule has 0 amide bonds. The topological polar surface area (TPSA) is 17.1 Å². The molecule has 0 fully saturated rings. The summed E-state index contributed by atoms with van der Waals surface area (Å²) in [5.74, 6) is -20.8. The first-order valence-corrected chi connectivity index (χ1v) is 7.21. The molecule has 0 radical (unpaired) electrons. The molecule has 126 valence electrons. The van der Waals surface area contributed by atoms with E-state index < -0.39 is 46.5 Å². The molecule has 0 aliphatic rings. The molecule has 0 N–H and O–H groups in total. The van der Waals surface area contributed by atoms with Crippen LogP contribution in [0.2, 0.25) is 0 Å². The van der Waals surface area contributed by atoms with Crippen LogP contribution in [0.5, 0.6) is 0 Å². The lowest BCUT2D eigenvalue weighted by molar-refractivity contribution is -0.331. The monoisotopic (exact) mass is 354 g/mol. The van der Waals surface area contributed by atoms with Crippen LogP contribution in [0.25, 0.3) is 0 Å². The highest BCUT2D eigenvalue weighted by molar-refractivity contribution is 7.84. The summed E-state index contributed by atoms with van der Waals surface area (Å²) in [7, 11) is -2.64. The number of benzene rings is 1. The zero-order valence-electron chi connectivity index (χ0n) is 10.7. The SMILES string of the molecule is O=[S@@](Cc1ccccc1)CC(F)(F)C(F)(F)C(F)(F)C(F)F. The van der Waals surface area contributed by atoms with Gasteiger partial charge in [0.15, 0.2) is 0 Å². The fourth-order valence-electron chi connectivity index (χ4n) is 1.48. The molecular formula is C12H10F8OS. The molecular weight excluding hydrogens is 344 g/mol. The molecule has 0 heterocycles. The summed E-state index contributed by atoms with van der Waals surface area (Å²) in [6.07, 6.45) is -4.98. The molecule has 10 heteroatoms. The van der Waals surface area contributed by atoms with Crippen LogP contribution in [0.3, 0.4) is 0 Å². The molecule has 0 unspecified atom stereocenters. The van der Waals surface area contributed by atoms with E-state index in [-0.39, 0.29) is 5.56 Å². The van der Waals surface area contributed by atoms with Crippen molar-refractivity contribution in [2.75, 3.05) is 5.75 Å². The number of alkyl halides is 8. The minimum absolute atomic E-state index is 0.251. The van der Waals surface area contributed by atoms with Crippen LogP contribution in [-0.2, 0) is 16.6 Å². The average molecular weight is 354 g/mol. The summed E-state index contributed by atoms with van der Waals surface area (Å²) in [5.41, 5.74) is 0.251. The Morgan fingerprint density at radius 2 is 1.45 bits per heavy atom. The van der Waals surface area contributed by atoms with Crippen molar-refractivity contribution >= 4 is 10.8 Å². The zero-order chi connectivity index (χ0) is 17.2. The van der Waals surface area contributed by atoms with E-state index in [0.29, 0.717) is 0 Å². The quantitative estimate of drug-likeness (QED) is 0.674. The van der Waals surface area contributed by atoms with Crippen molar-refractivity contribution in [1.29, 1.82) is 0 Å². The van der Waals surface area contributed by atoms with E-state index in [4.69, 9.17) is 0 Å². The Morgan fingerprint density at radius 1 is 0.955 bits per heavy atom. The summed E-state index contributed by atoms with van der Waals surface area (Å²) >= 11 is 0. The van der Waals surface area contributed by atoms with Gasteiger partial charge in [-0.1, -0.05) is 30.3 Å². The second kappa shape index (κ2) is 6.51. The first-order valence-electron chi connectivity index (χ1n) is 5.72. The normalized spacial score (nSPS) is 15.1. The van der Waals surface area contributed by atoms with Gasteiger partial charge >= 0.3 is 24.2 Å². The molecule has 1 rings (SSSR count). The Hall–Kier alpha value is -1.19. The van der Waals surface area contributed by atoms with E-state index in [1.54, 1.807) is 6.07 Å². The molecule has 0 aliphatic heterocycles. The van der Waals surface area contributed by atoms with Gasteiger partial charge in [-0.05, 0) is 5.56 Å². The van der Waals surface area contributed by atoms with Crippen molar-refractivity contribution in [3.8, 4) is 0 Å². The van der Waals surface area contributed by atoms with Crippen molar-refractivity contribution < 1.29 is 39.3 Å². The van der Waals surface area contributed by atoms with Crippen molar-refractivity contribution in [3.05, 3.63) is 35.9 Å². The fourth-order valence-corrected chi connectivity index (χ4v) is 2.74. The lowest BCUT2D eigenvalue weighted by Crippen LogP contribution is -2.59. The molecule has 1 atom stereocenters. The Balaban J connectivity index is 2.88. The maximum absolute atomic E-state index is 13.3.